The Labute approximate surface area is 115 Å². The minimum Gasteiger partial charge on any atom is -0.480 e. The van der Waals surface area contributed by atoms with Crippen LogP contribution in [0.1, 0.15) is 18.4 Å². The van der Waals surface area contributed by atoms with Crippen LogP contribution in [0, 0.1) is 5.82 Å². The molecule has 3 rings (SSSR count). The minimum absolute atomic E-state index is 0.334. The van der Waals surface area contributed by atoms with Crippen LogP contribution in [-0.4, -0.2) is 41.1 Å². The number of nitrogens with zero attached hydrogens (tertiary/aromatic N) is 2. The number of fused-ring (bicyclic) bond motifs is 1. The summed E-state index contributed by atoms with van der Waals surface area (Å²) >= 11 is 0. The lowest BCUT2D eigenvalue weighted by Crippen LogP contribution is -2.47. The number of carboxylic acid groups (broad SMARTS) is 1. The topological polar surface area (TPSA) is 60.9 Å². The third-order valence-electron chi connectivity index (χ3n) is 3.96. The summed E-state index contributed by atoms with van der Waals surface area (Å²) in [5.41, 5.74) is 1.48. The standard InChI is InChI=1S/C14H15FN2O3/c15-10-4-3-9-5-7-17(12(9)8-10)14(20)16-6-1-2-11(16)13(18)19/h3-4,8,11H,1-2,5-7H2,(H,18,19)/t11-/m0/s1. The lowest BCUT2D eigenvalue weighted by atomic mass is 10.2. The van der Waals surface area contributed by atoms with E-state index in [0.29, 0.717) is 38.0 Å². The molecule has 2 aliphatic rings. The number of carboxylic acids is 1. The second kappa shape index (κ2) is 4.77. The highest BCUT2D eigenvalue weighted by molar-refractivity contribution is 5.96. The van der Waals surface area contributed by atoms with Crippen LogP contribution in [0.5, 0.6) is 0 Å². The van der Waals surface area contributed by atoms with Crippen LogP contribution in [0.3, 0.4) is 0 Å². The van der Waals surface area contributed by atoms with Crippen LogP contribution in [0.2, 0.25) is 0 Å². The lowest BCUT2D eigenvalue weighted by molar-refractivity contribution is -0.141. The van der Waals surface area contributed by atoms with Gasteiger partial charge in [-0.15, -0.1) is 0 Å². The zero-order valence-corrected chi connectivity index (χ0v) is 10.9. The Hall–Kier alpha value is -2.11. The van der Waals surface area contributed by atoms with E-state index < -0.39 is 12.0 Å². The summed E-state index contributed by atoms with van der Waals surface area (Å²) in [6.07, 6.45) is 1.84. The van der Waals surface area contributed by atoms with Gasteiger partial charge in [0.05, 0.1) is 5.69 Å². The number of hydrogen-bond acceptors (Lipinski definition) is 2. The Bertz CT molecular complexity index is 576. The van der Waals surface area contributed by atoms with E-state index in [2.05, 4.69) is 0 Å². The first-order valence-electron chi connectivity index (χ1n) is 6.67. The maximum absolute atomic E-state index is 13.3. The monoisotopic (exact) mass is 278 g/mol. The van der Waals surface area contributed by atoms with Crippen molar-refractivity contribution in [2.24, 2.45) is 0 Å². The number of carbonyl (C=O) groups excluding carboxylic acids is 1. The first-order valence-corrected chi connectivity index (χ1v) is 6.67. The smallest absolute Gasteiger partial charge is 0.326 e. The summed E-state index contributed by atoms with van der Waals surface area (Å²) in [7, 11) is 0. The number of hydrogen-bond donors (Lipinski definition) is 1. The predicted molar refractivity (Wildman–Crippen MR) is 70.2 cm³/mol. The van der Waals surface area contributed by atoms with Crippen LogP contribution < -0.4 is 4.90 Å². The highest BCUT2D eigenvalue weighted by Crippen LogP contribution is 2.31. The molecule has 20 heavy (non-hydrogen) atoms. The molecule has 0 saturated carbocycles. The van der Waals surface area contributed by atoms with Gasteiger partial charge in [0.25, 0.3) is 0 Å². The Balaban J connectivity index is 1.86. The number of halogens is 1. The van der Waals surface area contributed by atoms with Gasteiger partial charge in [-0.2, -0.15) is 0 Å². The van der Waals surface area contributed by atoms with E-state index in [0.717, 1.165) is 5.56 Å². The summed E-state index contributed by atoms with van der Waals surface area (Å²) in [5, 5.41) is 9.14. The third kappa shape index (κ3) is 2.01. The van der Waals surface area contributed by atoms with E-state index in [4.69, 9.17) is 5.11 Å². The van der Waals surface area contributed by atoms with Gasteiger partial charge in [0.2, 0.25) is 0 Å². The number of amides is 2. The summed E-state index contributed by atoms with van der Waals surface area (Å²) in [4.78, 5) is 26.5. The van der Waals surface area contributed by atoms with Gasteiger partial charge >= 0.3 is 12.0 Å². The molecular formula is C14H15FN2O3. The van der Waals surface area contributed by atoms with Crippen molar-refractivity contribution >= 4 is 17.7 Å². The van der Waals surface area contributed by atoms with Crippen LogP contribution in [0.15, 0.2) is 18.2 Å². The molecule has 0 unspecified atom stereocenters. The first kappa shape index (κ1) is 12.9. The Morgan fingerprint density at radius 2 is 2.10 bits per heavy atom. The van der Waals surface area contributed by atoms with Gasteiger partial charge in [0.1, 0.15) is 11.9 Å². The molecule has 0 spiro atoms. The fourth-order valence-electron chi connectivity index (χ4n) is 2.96. The van der Waals surface area contributed by atoms with Crippen molar-refractivity contribution in [3.8, 4) is 0 Å². The number of carbonyl (C=O) groups is 2. The molecule has 2 amide bonds. The molecule has 0 radical (unpaired) electrons. The number of likely N-dealkylation sites (tertiary alicyclic amines) is 1. The molecule has 0 bridgehead atoms. The van der Waals surface area contributed by atoms with E-state index in [1.807, 2.05) is 0 Å². The van der Waals surface area contributed by atoms with Crippen molar-refractivity contribution in [1.29, 1.82) is 0 Å². The molecule has 6 heteroatoms. The van der Waals surface area contributed by atoms with Crippen LogP contribution in [0.25, 0.3) is 0 Å². The van der Waals surface area contributed by atoms with Crippen molar-refractivity contribution in [2.75, 3.05) is 18.0 Å². The van der Waals surface area contributed by atoms with Crippen LogP contribution in [0.4, 0.5) is 14.9 Å². The maximum Gasteiger partial charge on any atom is 0.326 e. The largest absolute Gasteiger partial charge is 0.480 e. The molecule has 106 valence electrons. The predicted octanol–water partition coefficient (Wildman–Crippen LogP) is 1.86. The Kier molecular flexibility index (Phi) is 3.08. The molecule has 5 nitrogen and oxygen atoms in total. The van der Waals surface area contributed by atoms with Gasteiger partial charge in [-0.3, -0.25) is 4.90 Å². The quantitative estimate of drug-likeness (QED) is 0.853. The number of aliphatic carboxylic acids is 1. The van der Waals surface area contributed by atoms with Gasteiger partial charge in [-0.1, -0.05) is 6.07 Å². The first-order chi connectivity index (χ1) is 9.58. The van der Waals surface area contributed by atoms with E-state index in [1.54, 1.807) is 6.07 Å². The maximum atomic E-state index is 13.3. The van der Waals surface area contributed by atoms with Crippen molar-refractivity contribution in [1.82, 2.24) is 4.90 Å². The SMILES string of the molecule is O=C(O)[C@@H]1CCCN1C(=O)N1CCc2ccc(F)cc21. The molecule has 2 aliphatic heterocycles. The lowest BCUT2D eigenvalue weighted by Gasteiger charge is -2.27. The molecule has 0 aliphatic carbocycles. The number of benzene rings is 1. The second-order valence-corrected chi connectivity index (χ2v) is 5.15. The van der Waals surface area contributed by atoms with Crippen molar-refractivity contribution in [3.63, 3.8) is 0 Å². The van der Waals surface area contributed by atoms with Gasteiger partial charge in [0, 0.05) is 13.1 Å². The molecule has 1 N–H and O–H groups in total. The molecule has 0 aromatic heterocycles. The van der Waals surface area contributed by atoms with Gasteiger partial charge in [-0.05, 0) is 37.0 Å². The summed E-state index contributed by atoms with van der Waals surface area (Å²) < 4.78 is 13.3. The van der Waals surface area contributed by atoms with Gasteiger partial charge in [0.15, 0.2) is 0 Å². The number of anilines is 1. The molecule has 1 aromatic rings. The number of rotatable bonds is 1. The second-order valence-electron chi connectivity index (χ2n) is 5.15. The fourth-order valence-corrected chi connectivity index (χ4v) is 2.96. The van der Waals surface area contributed by atoms with Crippen LogP contribution in [-0.2, 0) is 11.2 Å². The van der Waals surface area contributed by atoms with E-state index in [-0.39, 0.29) is 11.8 Å². The molecule has 1 atom stereocenters. The van der Waals surface area contributed by atoms with E-state index >= 15 is 0 Å². The average molecular weight is 278 g/mol. The third-order valence-corrected chi connectivity index (χ3v) is 3.96. The van der Waals surface area contributed by atoms with Gasteiger partial charge < -0.3 is 10.0 Å². The average Bonchev–Trinajstić information content (AvgIpc) is 3.04. The summed E-state index contributed by atoms with van der Waals surface area (Å²) in [5.74, 6) is -1.37. The van der Waals surface area contributed by atoms with E-state index in [1.165, 1.54) is 21.9 Å². The van der Waals surface area contributed by atoms with Crippen molar-refractivity contribution < 1.29 is 19.1 Å². The van der Waals surface area contributed by atoms with Gasteiger partial charge in [-0.25, -0.2) is 14.0 Å². The van der Waals surface area contributed by atoms with Crippen molar-refractivity contribution in [2.45, 2.75) is 25.3 Å². The fraction of sp³-hybridized carbons (Fsp3) is 0.429. The molecule has 2 heterocycles. The summed E-state index contributed by atoms with van der Waals surface area (Å²) in [6, 6.07) is 3.30. The summed E-state index contributed by atoms with van der Waals surface area (Å²) in [6.45, 7) is 0.914. The normalized spacial score (nSPS) is 21.1. The zero-order chi connectivity index (χ0) is 14.3. The molecule has 1 saturated heterocycles. The van der Waals surface area contributed by atoms with E-state index in [9.17, 15) is 14.0 Å². The minimum atomic E-state index is -0.977. The molecular weight excluding hydrogens is 263 g/mol. The van der Waals surface area contributed by atoms with Crippen molar-refractivity contribution in [3.05, 3.63) is 29.6 Å². The van der Waals surface area contributed by atoms with Crippen LogP contribution >= 0.6 is 0 Å². The Morgan fingerprint density at radius 3 is 2.85 bits per heavy atom. The number of urea groups is 1. The zero-order valence-electron chi connectivity index (χ0n) is 10.9. The highest BCUT2D eigenvalue weighted by atomic mass is 19.1. The highest BCUT2D eigenvalue weighted by Gasteiger charge is 2.38. The Morgan fingerprint density at radius 1 is 1.30 bits per heavy atom. The molecule has 1 fully saturated rings. The molecule has 1 aromatic carbocycles.